The maximum absolute atomic E-state index is 14.1. The molecule has 3 aromatic carbocycles. The number of carbonyl (C=O) groups is 5. The van der Waals surface area contributed by atoms with Gasteiger partial charge in [-0.25, -0.2) is 0 Å². The first kappa shape index (κ1) is 36.0. The monoisotopic (exact) mass is 739 g/mol. The van der Waals surface area contributed by atoms with E-state index in [1.807, 2.05) is 29.2 Å². The Hall–Kier alpha value is -5.96. The summed E-state index contributed by atoms with van der Waals surface area (Å²) in [5.74, 6) is -0.781. The van der Waals surface area contributed by atoms with Crippen LogP contribution in [0.2, 0.25) is 0 Å². The number of rotatable bonds is 9. The Kier molecular flexibility index (Phi) is 9.19. The Labute approximate surface area is 319 Å². The maximum atomic E-state index is 14.1. The molecular formula is C43H45N7O5. The van der Waals surface area contributed by atoms with E-state index < -0.39 is 17.4 Å². The number of hydrogen-bond acceptors (Lipinski definition) is 8. The molecule has 1 atom stereocenters. The molecule has 3 N–H and O–H groups in total. The van der Waals surface area contributed by atoms with Crippen molar-refractivity contribution in [3.63, 3.8) is 0 Å². The van der Waals surface area contributed by atoms with Gasteiger partial charge in [0, 0.05) is 102 Å². The van der Waals surface area contributed by atoms with Crippen molar-refractivity contribution in [2.45, 2.75) is 77.3 Å². The van der Waals surface area contributed by atoms with E-state index in [-0.39, 0.29) is 29.9 Å². The summed E-state index contributed by atoms with van der Waals surface area (Å²) in [6.07, 6.45) is 3.27. The van der Waals surface area contributed by atoms with Crippen LogP contribution in [0.4, 0.5) is 11.4 Å². The number of nitriles is 1. The minimum Gasteiger partial charge on any atom is -0.385 e. The predicted octanol–water partition coefficient (Wildman–Crippen LogP) is 5.16. The van der Waals surface area contributed by atoms with Crippen LogP contribution in [0.15, 0.2) is 48.5 Å². The zero-order chi connectivity index (χ0) is 38.6. The molecular weight excluding hydrogens is 695 g/mol. The smallest absolute Gasteiger partial charge is 0.255 e. The number of benzene rings is 3. The summed E-state index contributed by atoms with van der Waals surface area (Å²) >= 11 is 0. The van der Waals surface area contributed by atoms with Crippen molar-refractivity contribution < 1.29 is 24.0 Å². The predicted molar refractivity (Wildman–Crippen MR) is 208 cm³/mol. The number of imide groups is 1. The number of anilines is 2. The first-order valence-corrected chi connectivity index (χ1v) is 19.3. The molecule has 12 nitrogen and oxygen atoms in total. The highest BCUT2D eigenvalue weighted by Crippen LogP contribution is 2.46. The van der Waals surface area contributed by atoms with Crippen LogP contribution in [-0.4, -0.2) is 83.0 Å². The van der Waals surface area contributed by atoms with Crippen LogP contribution in [0, 0.1) is 11.3 Å². The summed E-state index contributed by atoms with van der Waals surface area (Å²) in [5, 5.41) is 16.1. The fourth-order valence-corrected chi connectivity index (χ4v) is 8.89. The lowest BCUT2D eigenvalue weighted by molar-refractivity contribution is -0.137. The zero-order valence-electron chi connectivity index (χ0n) is 31.5. The molecule has 4 aromatic rings. The maximum Gasteiger partial charge on any atom is 0.255 e. The van der Waals surface area contributed by atoms with E-state index in [0.29, 0.717) is 68.8 Å². The normalized spacial score (nSPS) is 18.9. The van der Waals surface area contributed by atoms with Gasteiger partial charge in [0.1, 0.15) is 6.04 Å². The second kappa shape index (κ2) is 14.0. The number of hydrogen-bond donors (Lipinski definition) is 3. The van der Waals surface area contributed by atoms with E-state index in [2.05, 4.69) is 59.5 Å². The first-order chi connectivity index (χ1) is 26.5. The average molecular weight is 740 g/mol. The number of piperidine rings is 1. The van der Waals surface area contributed by atoms with Gasteiger partial charge in [-0.05, 0) is 73.2 Å². The van der Waals surface area contributed by atoms with Crippen LogP contribution < -0.4 is 15.5 Å². The van der Waals surface area contributed by atoms with Gasteiger partial charge in [0.2, 0.25) is 17.7 Å². The molecule has 0 radical (unpaired) electrons. The number of fused-ring (bicyclic) bond motifs is 5. The number of aromatic amines is 1. The third-order valence-electron chi connectivity index (χ3n) is 12.0. The number of amides is 4. The first-order valence-electron chi connectivity index (χ1n) is 19.3. The Balaban J connectivity index is 0.863. The van der Waals surface area contributed by atoms with Gasteiger partial charge in [-0.1, -0.05) is 32.9 Å². The van der Waals surface area contributed by atoms with E-state index in [9.17, 15) is 29.2 Å². The quantitative estimate of drug-likeness (QED) is 0.157. The molecule has 2 fully saturated rings. The largest absolute Gasteiger partial charge is 0.385 e. The molecule has 1 aliphatic carbocycles. The molecule has 1 aromatic heterocycles. The van der Waals surface area contributed by atoms with Crippen LogP contribution in [0.5, 0.6) is 0 Å². The number of aromatic nitrogens is 1. The lowest BCUT2D eigenvalue weighted by Gasteiger charge is -2.39. The zero-order valence-corrected chi connectivity index (χ0v) is 31.5. The average Bonchev–Trinajstić information content (AvgIpc) is 3.75. The number of unbranched alkanes of at least 4 members (excludes halogenated alkanes) is 1. The van der Waals surface area contributed by atoms with Gasteiger partial charge in [0.25, 0.3) is 5.91 Å². The van der Waals surface area contributed by atoms with Crippen molar-refractivity contribution in [1.82, 2.24) is 20.1 Å². The van der Waals surface area contributed by atoms with E-state index in [4.69, 9.17) is 0 Å². The van der Waals surface area contributed by atoms with Crippen molar-refractivity contribution in [1.29, 1.82) is 5.26 Å². The highest BCUT2D eigenvalue weighted by molar-refractivity contribution is 6.20. The molecule has 2 saturated heterocycles. The molecule has 0 spiro atoms. The topological polar surface area (TPSA) is 159 Å². The van der Waals surface area contributed by atoms with E-state index in [1.54, 1.807) is 17.0 Å². The van der Waals surface area contributed by atoms with Crippen LogP contribution in [0.25, 0.3) is 10.9 Å². The van der Waals surface area contributed by atoms with Crippen LogP contribution >= 0.6 is 0 Å². The van der Waals surface area contributed by atoms with Gasteiger partial charge in [0.05, 0.1) is 17.2 Å². The fourth-order valence-electron chi connectivity index (χ4n) is 8.89. The number of piperazine rings is 1. The van der Waals surface area contributed by atoms with E-state index in [0.717, 1.165) is 69.5 Å². The van der Waals surface area contributed by atoms with Crippen LogP contribution in [0.1, 0.15) is 107 Å². The Bertz CT molecular complexity index is 2330. The minimum absolute atomic E-state index is 0.00588. The Morgan fingerprint density at radius 3 is 2.55 bits per heavy atom. The molecule has 0 saturated carbocycles. The summed E-state index contributed by atoms with van der Waals surface area (Å²) in [5.41, 5.74) is 8.64. The molecule has 8 rings (SSSR count). The molecule has 55 heavy (non-hydrogen) atoms. The Morgan fingerprint density at radius 2 is 1.80 bits per heavy atom. The standard InChI is InChI=1S/C43H45N7O5/c1-4-26-21-29-31(43(2,3)40-38(39(29)53)28-12-11-25(23-44)20-33(28)46-40)22-35(26)48-16-18-49(19-17-48)37(52)10-5-6-15-45-32-9-7-8-27-30(32)24-50(42(27)55)34-13-14-36(51)47-41(34)54/h7-9,11-12,20-22,34,45-46H,4-6,10,13-19,24H2,1-3H3,(H,47,51,54). The molecule has 3 aliphatic heterocycles. The van der Waals surface area contributed by atoms with Gasteiger partial charge in [-0.15, -0.1) is 0 Å². The lowest BCUT2D eigenvalue weighted by Crippen LogP contribution is -2.52. The molecule has 1 unspecified atom stereocenters. The minimum atomic E-state index is -0.654. The second-order valence-electron chi connectivity index (χ2n) is 15.6. The number of H-pyrrole nitrogens is 1. The van der Waals surface area contributed by atoms with Crippen molar-refractivity contribution >= 4 is 51.7 Å². The van der Waals surface area contributed by atoms with Crippen molar-refractivity contribution in [2.24, 2.45) is 0 Å². The van der Waals surface area contributed by atoms with Gasteiger partial charge in [-0.2, -0.15) is 5.26 Å². The molecule has 4 aliphatic rings. The summed E-state index contributed by atoms with van der Waals surface area (Å²) in [4.78, 5) is 73.9. The third-order valence-corrected chi connectivity index (χ3v) is 12.0. The molecule has 4 amide bonds. The summed E-state index contributed by atoms with van der Waals surface area (Å²) in [7, 11) is 0. The van der Waals surface area contributed by atoms with Crippen LogP contribution in [-0.2, 0) is 32.8 Å². The number of aryl methyl sites for hydroxylation is 1. The van der Waals surface area contributed by atoms with Crippen molar-refractivity contribution in [2.75, 3.05) is 42.9 Å². The van der Waals surface area contributed by atoms with Crippen molar-refractivity contribution in [3.05, 3.63) is 93.2 Å². The van der Waals surface area contributed by atoms with Gasteiger partial charge >= 0.3 is 0 Å². The number of nitrogens with one attached hydrogen (secondary N) is 3. The van der Waals surface area contributed by atoms with E-state index in [1.165, 1.54) is 0 Å². The van der Waals surface area contributed by atoms with Crippen LogP contribution in [0.3, 0.4) is 0 Å². The number of ketones is 1. The SMILES string of the molecule is CCc1cc2c(cc1N1CCN(C(=O)CCCCNc3cccc4c3CN(C3CCC(=O)NC3=O)C4=O)CC1)C(C)(C)c1[nH]c3cc(C#N)ccc3c1C2=O. The highest BCUT2D eigenvalue weighted by Gasteiger charge is 2.42. The summed E-state index contributed by atoms with van der Waals surface area (Å²) in [6, 6.07) is 16.8. The molecule has 282 valence electrons. The van der Waals surface area contributed by atoms with Crippen molar-refractivity contribution in [3.8, 4) is 6.07 Å². The van der Waals surface area contributed by atoms with Gasteiger partial charge in [-0.3, -0.25) is 29.3 Å². The van der Waals surface area contributed by atoms with Gasteiger partial charge < -0.3 is 25.0 Å². The number of nitrogens with zero attached hydrogens (tertiary/aromatic N) is 4. The second-order valence-corrected chi connectivity index (χ2v) is 15.6. The molecule has 12 heteroatoms. The van der Waals surface area contributed by atoms with E-state index >= 15 is 0 Å². The summed E-state index contributed by atoms with van der Waals surface area (Å²) < 4.78 is 0. The summed E-state index contributed by atoms with van der Waals surface area (Å²) in [6.45, 7) is 10.0. The highest BCUT2D eigenvalue weighted by atomic mass is 16.2. The lowest BCUT2D eigenvalue weighted by atomic mass is 9.70. The molecule has 4 heterocycles. The fraction of sp³-hybridized carbons (Fsp3) is 0.395. The van der Waals surface area contributed by atoms with Gasteiger partial charge in [0.15, 0.2) is 5.78 Å². The molecule has 0 bridgehead atoms. The Morgan fingerprint density at radius 1 is 1.00 bits per heavy atom. The number of carbonyl (C=O) groups excluding carboxylic acids is 5. The third kappa shape index (κ3) is 6.21.